The Labute approximate surface area is 187 Å². The van der Waals surface area contributed by atoms with E-state index in [1.165, 1.54) is 0 Å². The maximum atomic E-state index is 11.4. The van der Waals surface area contributed by atoms with Gasteiger partial charge in [-0.1, -0.05) is 24.3 Å². The summed E-state index contributed by atoms with van der Waals surface area (Å²) in [4.78, 5) is 20.5. The van der Waals surface area contributed by atoms with Crippen LogP contribution in [0.15, 0.2) is 54.7 Å². The zero-order chi connectivity index (χ0) is 22.3. The molecule has 1 fully saturated rings. The predicted molar refractivity (Wildman–Crippen MR) is 120 cm³/mol. The van der Waals surface area contributed by atoms with Crippen LogP contribution in [0.5, 0.6) is 5.75 Å². The fourth-order valence-electron chi connectivity index (χ4n) is 3.82. The molecule has 1 aromatic heterocycles. The van der Waals surface area contributed by atoms with Crippen LogP contribution >= 0.6 is 0 Å². The first-order chi connectivity index (χ1) is 15.6. The molecule has 0 bridgehead atoms. The quantitative estimate of drug-likeness (QED) is 0.559. The minimum atomic E-state index is 0.0751. The Hall–Kier alpha value is -3.56. The summed E-state index contributed by atoms with van der Waals surface area (Å²) >= 11 is 0. The summed E-state index contributed by atoms with van der Waals surface area (Å²) in [5.74, 6) is 1.42. The number of Topliss-reactive ketones (excluding diaryl/α,β-unsaturated/α-hetero) is 1. The molecule has 0 radical (unpaired) electrons. The molecule has 1 saturated heterocycles. The number of hydrogen-bond acceptors (Lipinski definition) is 6. The molecule has 6 nitrogen and oxygen atoms in total. The molecule has 0 amide bonds. The highest BCUT2D eigenvalue weighted by molar-refractivity contribution is 5.78. The maximum Gasteiger partial charge on any atom is 0.137 e. The fraction of sp³-hybridized carbons (Fsp3) is 0.308. The number of nitriles is 1. The molecule has 0 spiro atoms. The first-order valence-corrected chi connectivity index (χ1v) is 10.8. The summed E-state index contributed by atoms with van der Waals surface area (Å²) in [5.41, 5.74) is 4.13. The van der Waals surface area contributed by atoms with Gasteiger partial charge in [0, 0.05) is 37.4 Å². The summed E-state index contributed by atoms with van der Waals surface area (Å²) in [6.07, 6.45) is 4.45. The van der Waals surface area contributed by atoms with Gasteiger partial charge < -0.3 is 9.47 Å². The second-order valence-electron chi connectivity index (χ2n) is 7.99. The van der Waals surface area contributed by atoms with Crippen LogP contribution in [0.4, 0.5) is 0 Å². The lowest BCUT2D eigenvalue weighted by Crippen LogP contribution is -2.26. The van der Waals surface area contributed by atoms with E-state index in [9.17, 15) is 10.1 Å². The summed E-state index contributed by atoms with van der Waals surface area (Å²) in [5, 5.41) is 9.65. The van der Waals surface area contributed by atoms with Crippen LogP contribution in [-0.2, 0) is 22.4 Å². The van der Waals surface area contributed by atoms with Gasteiger partial charge in [0.1, 0.15) is 29.5 Å². The Balaban J connectivity index is 1.52. The second-order valence-corrected chi connectivity index (χ2v) is 7.99. The molecule has 3 aromatic rings. The van der Waals surface area contributed by atoms with Crippen LogP contribution in [0, 0.1) is 11.3 Å². The van der Waals surface area contributed by atoms with Gasteiger partial charge in [-0.3, -0.25) is 4.79 Å². The Morgan fingerprint density at radius 3 is 2.75 bits per heavy atom. The van der Waals surface area contributed by atoms with Gasteiger partial charge >= 0.3 is 0 Å². The van der Waals surface area contributed by atoms with Crippen molar-refractivity contribution in [3.05, 3.63) is 77.2 Å². The molecule has 0 atom stereocenters. The average Bonchev–Trinajstić information content (AvgIpc) is 2.80. The van der Waals surface area contributed by atoms with Gasteiger partial charge in [-0.15, -0.1) is 0 Å². The Bertz CT molecular complexity index is 1150. The molecule has 0 aliphatic carbocycles. The zero-order valence-electron chi connectivity index (χ0n) is 18.1. The Morgan fingerprint density at radius 1 is 1.16 bits per heavy atom. The number of hydrogen-bond donors (Lipinski definition) is 0. The standard InChI is InChI=1S/C26H25N3O3/c1-18(30)13-19-3-2-4-20(14-19)15-26-28-10-7-24(29-26)21-5-6-25(22(16-21)17-27)32-23-8-11-31-12-9-23/h2-7,10,14,16,23H,8-9,11-13,15H2,1H3. The molecule has 0 saturated carbocycles. The van der Waals surface area contributed by atoms with Crippen molar-refractivity contribution in [2.75, 3.05) is 13.2 Å². The number of ketones is 1. The van der Waals surface area contributed by atoms with Gasteiger partial charge in [0.05, 0.1) is 24.5 Å². The van der Waals surface area contributed by atoms with Crippen molar-refractivity contribution in [2.24, 2.45) is 0 Å². The largest absolute Gasteiger partial charge is 0.489 e. The van der Waals surface area contributed by atoms with Crippen LogP contribution in [0.25, 0.3) is 11.3 Å². The third kappa shape index (κ3) is 5.57. The van der Waals surface area contributed by atoms with E-state index >= 15 is 0 Å². The molecule has 162 valence electrons. The molecule has 0 N–H and O–H groups in total. The smallest absolute Gasteiger partial charge is 0.137 e. The summed E-state index contributed by atoms with van der Waals surface area (Å²) in [7, 11) is 0. The lowest BCUT2D eigenvalue weighted by atomic mass is 10.0. The van der Waals surface area contributed by atoms with Gasteiger partial charge in [0.2, 0.25) is 0 Å². The Kier molecular flexibility index (Phi) is 6.88. The first kappa shape index (κ1) is 21.7. The first-order valence-electron chi connectivity index (χ1n) is 10.8. The van der Waals surface area contributed by atoms with E-state index in [4.69, 9.17) is 14.5 Å². The molecule has 2 aromatic carbocycles. The second kappa shape index (κ2) is 10.2. The maximum absolute atomic E-state index is 11.4. The Morgan fingerprint density at radius 2 is 1.97 bits per heavy atom. The van der Waals surface area contributed by atoms with Gasteiger partial charge in [-0.05, 0) is 42.3 Å². The molecule has 6 heteroatoms. The van der Waals surface area contributed by atoms with Crippen molar-refractivity contribution in [2.45, 2.75) is 38.7 Å². The van der Waals surface area contributed by atoms with Crippen LogP contribution in [0.1, 0.15) is 42.3 Å². The predicted octanol–water partition coefficient (Wildman–Crippen LogP) is 4.30. The molecule has 1 aliphatic rings. The van der Waals surface area contributed by atoms with Crippen molar-refractivity contribution in [1.29, 1.82) is 5.26 Å². The lowest BCUT2D eigenvalue weighted by molar-refractivity contribution is -0.116. The molecular formula is C26H25N3O3. The minimum Gasteiger partial charge on any atom is -0.489 e. The number of carbonyl (C=O) groups excluding carboxylic acids is 1. The number of nitrogens with zero attached hydrogens (tertiary/aromatic N) is 3. The monoisotopic (exact) mass is 427 g/mol. The van der Waals surface area contributed by atoms with E-state index in [2.05, 4.69) is 11.1 Å². The number of benzene rings is 2. The van der Waals surface area contributed by atoms with Crippen LogP contribution in [-0.4, -0.2) is 35.1 Å². The molecule has 1 aliphatic heterocycles. The van der Waals surface area contributed by atoms with Gasteiger partial charge in [-0.25, -0.2) is 9.97 Å². The molecule has 0 unspecified atom stereocenters. The van der Waals surface area contributed by atoms with Gasteiger partial charge in [-0.2, -0.15) is 5.26 Å². The van der Waals surface area contributed by atoms with E-state index in [0.717, 1.165) is 35.2 Å². The van der Waals surface area contributed by atoms with Crippen molar-refractivity contribution in [1.82, 2.24) is 9.97 Å². The van der Waals surface area contributed by atoms with E-state index in [1.54, 1.807) is 13.1 Å². The zero-order valence-corrected chi connectivity index (χ0v) is 18.1. The lowest BCUT2D eigenvalue weighted by Gasteiger charge is -2.23. The third-order valence-electron chi connectivity index (χ3n) is 5.37. The number of ether oxygens (including phenoxy) is 2. The van der Waals surface area contributed by atoms with E-state index < -0.39 is 0 Å². The molecule has 2 heterocycles. The molecular weight excluding hydrogens is 402 g/mol. The summed E-state index contributed by atoms with van der Waals surface area (Å²) < 4.78 is 11.4. The van der Waals surface area contributed by atoms with Crippen LogP contribution in [0.2, 0.25) is 0 Å². The average molecular weight is 428 g/mol. The van der Waals surface area contributed by atoms with E-state index in [1.807, 2.05) is 48.5 Å². The van der Waals surface area contributed by atoms with E-state index in [-0.39, 0.29) is 11.9 Å². The van der Waals surface area contributed by atoms with Crippen molar-refractivity contribution in [3.8, 4) is 23.1 Å². The van der Waals surface area contributed by atoms with Crippen LogP contribution < -0.4 is 4.74 Å². The summed E-state index contributed by atoms with van der Waals surface area (Å²) in [6.45, 7) is 2.96. The van der Waals surface area contributed by atoms with Gasteiger partial charge in [0.25, 0.3) is 0 Å². The highest BCUT2D eigenvalue weighted by atomic mass is 16.5. The number of aromatic nitrogens is 2. The molecule has 4 rings (SSSR count). The highest BCUT2D eigenvalue weighted by Gasteiger charge is 2.17. The van der Waals surface area contributed by atoms with Crippen LogP contribution in [0.3, 0.4) is 0 Å². The third-order valence-corrected chi connectivity index (χ3v) is 5.37. The number of rotatable bonds is 7. The number of carbonyl (C=O) groups is 1. The minimum absolute atomic E-state index is 0.0751. The van der Waals surface area contributed by atoms with Gasteiger partial charge in [0.15, 0.2) is 0 Å². The van der Waals surface area contributed by atoms with Crippen molar-refractivity contribution in [3.63, 3.8) is 0 Å². The topological polar surface area (TPSA) is 85.1 Å². The fourth-order valence-corrected chi connectivity index (χ4v) is 3.82. The molecule has 32 heavy (non-hydrogen) atoms. The van der Waals surface area contributed by atoms with E-state index in [0.29, 0.717) is 43.2 Å². The highest BCUT2D eigenvalue weighted by Crippen LogP contribution is 2.27. The normalized spacial score (nSPS) is 14.0. The SMILES string of the molecule is CC(=O)Cc1cccc(Cc2nccc(-c3ccc(OC4CCOCC4)c(C#N)c3)n2)c1. The summed E-state index contributed by atoms with van der Waals surface area (Å²) in [6, 6.07) is 17.6. The van der Waals surface area contributed by atoms with Crippen molar-refractivity contribution >= 4 is 5.78 Å². The van der Waals surface area contributed by atoms with Crippen molar-refractivity contribution < 1.29 is 14.3 Å².